The number of nitrogens with zero attached hydrogens (tertiary/aromatic N) is 2. The molecule has 2 aromatic heterocycles. The van der Waals surface area contributed by atoms with Crippen molar-refractivity contribution in [1.29, 1.82) is 0 Å². The Morgan fingerprint density at radius 1 is 1.27 bits per heavy atom. The van der Waals surface area contributed by atoms with E-state index in [-0.39, 0.29) is 5.56 Å². The first-order valence-electron chi connectivity index (χ1n) is 4.70. The molecular weight excluding hydrogens is 190 g/mol. The number of aromatic nitrogens is 3. The summed E-state index contributed by atoms with van der Waals surface area (Å²) in [4.78, 5) is 15.1. The Balaban J connectivity index is 2.69. The molecule has 15 heavy (non-hydrogen) atoms. The van der Waals surface area contributed by atoms with Crippen LogP contribution in [0.3, 0.4) is 0 Å². The summed E-state index contributed by atoms with van der Waals surface area (Å²) in [6, 6.07) is 7.76. The van der Waals surface area contributed by atoms with Gasteiger partial charge in [-0.1, -0.05) is 18.2 Å². The van der Waals surface area contributed by atoms with Gasteiger partial charge in [-0.2, -0.15) is 5.10 Å². The van der Waals surface area contributed by atoms with Gasteiger partial charge in [0.2, 0.25) is 0 Å². The average Bonchev–Trinajstić information content (AvgIpc) is 2.62. The number of rotatable bonds is 0. The quantitative estimate of drug-likeness (QED) is 0.595. The average molecular weight is 199 g/mol. The number of H-pyrrole nitrogens is 1. The van der Waals surface area contributed by atoms with Crippen LogP contribution in [-0.2, 0) is 7.05 Å². The van der Waals surface area contributed by atoms with Gasteiger partial charge in [-0.15, -0.1) is 0 Å². The molecule has 0 radical (unpaired) electrons. The molecule has 0 unspecified atom stereocenters. The SMILES string of the molecule is Cn1ncc2[nH]c3ccccc3c2c1=O. The van der Waals surface area contributed by atoms with Crippen molar-refractivity contribution in [3.05, 3.63) is 40.8 Å². The molecule has 1 aromatic carbocycles. The summed E-state index contributed by atoms with van der Waals surface area (Å²) in [5.41, 5.74) is 1.70. The van der Waals surface area contributed by atoms with Gasteiger partial charge >= 0.3 is 0 Å². The van der Waals surface area contributed by atoms with Crippen molar-refractivity contribution in [1.82, 2.24) is 14.8 Å². The minimum atomic E-state index is -0.0649. The zero-order chi connectivity index (χ0) is 10.4. The summed E-state index contributed by atoms with van der Waals surface area (Å²) in [5, 5.41) is 5.64. The van der Waals surface area contributed by atoms with E-state index in [1.807, 2.05) is 24.3 Å². The molecule has 0 fully saturated rings. The Labute approximate surface area is 85.1 Å². The number of fused-ring (bicyclic) bond motifs is 3. The van der Waals surface area contributed by atoms with Gasteiger partial charge in [0.05, 0.1) is 17.1 Å². The maximum Gasteiger partial charge on any atom is 0.276 e. The van der Waals surface area contributed by atoms with Crippen molar-refractivity contribution in [3.63, 3.8) is 0 Å². The number of nitrogens with one attached hydrogen (secondary N) is 1. The molecular formula is C11H9N3O. The van der Waals surface area contributed by atoms with Gasteiger partial charge in [-0.05, 0) is 6.07 Å². The van der Waals surface area contributed by atoms with Crippen molar-refractivity contribution in [2.45, 2.75) is 0 Å². The summed E-state index contributed by atoms with van der Waals surface area (Å²) in [7, 11) is 1.66. The van der Waals surface area contributed by atoms with Crippen molar-refractivity contribution >= 4 is 21.8 Å². The van der Waals surface area contributed by atoms with E-state index in [0.717, 1.165) is 16.4 Å². The smallest absolute Gasteiger partial charge is 0.276 e. The van der Waals surface area contributed by atoms with Crippen LogP contribution >= 0.6 is 0 Å². The van der Waals surface area contributed by atoms with Gasteiger partial charge in [-0.25, -0.2) is 4.68 Å². The van der Waals surface area contributed by atoms with Crippen LogP contribution in [0.5, 0.6) is 0 Å². The third-order valence-corrected chi connectivity index (χ3v) is 2.60. The molecule has 0 aliphatic heterocycles. The topological polar surface area (TPSA) is 50.7 Å². The highest BCUT2D eigenvalue weighted by Gasteiger charge is 2.08. The van der Waals surface area contributed by atoms with Crippen LogP contribution < -0.4 is 5.56 Å². The summed E-state index contributed by atoms with van der Waals surface area (Å²) in [6.45, 7) is 0. The number of aryl methyl sites for hydroxylation is 1. The number of aromatic amines is 1. The standard InChI is InChI=1S/C11H9N3O/c1-14-11(15)10-7-4-2-3-5-8(7)13-9(10)6-12-14/h2-6,13H,1H3. The van der Waals surface area contributed by atoms with E-state index in [2.05, 4.69) is 10.1 Å². The molecule has 0 saturated heterocycles. The summed E-state index contributed by atoms with van der Waals surface area (Å²) < 4.78 is 1.35. The van der Waals surface area contributed by atoms with Crippen LogP contribution in [0.2, 0.25) is 0 Å². The second-order valence-corrected chi connectivity index (χ2v) is 3.53. The van der Waals surface area contributed by atoms with Crippen molar-refractivity contribution < 1.29 is 0 Å². The van der Waals surface area contributed by atoms with Crippen LogP contribution in [0.15, 0.2) is 35.3 Å². The van der Waals surface area contributed by atoms with Crippen molar-refractivity contribution in [3.8, 4) is 0 Å². The lowest BCUT2D eigenvalue weighted by Gasteiger charge is -1.94. The second-order valence-electron chi connectivity index (χ2n) is 3.53. The molecule has 0 saturated carbocycles. The molecule has 0 bridgehead atoms. The molecule has 1 N–H and O–H groups in total. The number of benzene rings is 1. The minimum Gasteiger partial charge on any atom is -0.353 e. The highest BCUT2D eigenvalue weighted by Crippen LogP contribution is 2.20. The van der Waals surface area contributed by atoms with E-state index in [9.17, 15) is 4.79 Å². The lowest BCUT2D eigenvalue weighted by Crippen LogP contribution is -2.18. The molecule has 0 atom stereocenters. The molecule has 0 aliphatic carbocycles. The highest BCUT2D eigenvalue weighted by atomic mass is 16.1. The van der Waals surface area contributed by atoms with E-state index >= 15 is 0 Å². The maximum absolute atomic E-state index is 11.9. The van der Waals surface area contributed by atoms with E-state index < -0.39 is 0 Å². The molecule has 0 aliphatic rings. The fourth-order valence-corrected chi connectivity index (χ4v) is 1.85. The first kappa shape index (κ1) is 8.23. The largest absolute Gasteiger partial charge is 0.353 e. The fraction of sp³-hybridized carbons (Fsp3) is 0.0909. The Hall–Kier alpha value is -2.10. The molecule has 4 heteroatoms. The molecule has 2 heterocycles. The van der Waals surface area contributed by atoms with Crippen LogP contribution in [0.4, 0.5) is 0 Å². The summed E-state index contributed by atoms with van der Waals surface area (Å²) in [5.74, 6) is 0. The zero-order valence-corrected chi connectivity index (χ0v) is 8.19. The van der Waals surface area contributed by atoms with Crippen molar-refractivity contribution in [2.24, 2.45) is 7.05 Å². The Bertz CT molecular complexity index is 708. The lowest BCUT2D eigenvalue weighted by molar-refractivity contribution is 0.718. The maximum atomic E-state index is 11.9. The third-order valence-electron chi connectivity index (χ3n) is 2.60. The summed E-state index contributed by atoms with van der Waals surface area (Å²) in [6.07, 6.45) is 1.68. The monoisotopic (exact) mass is 199 g/mol. The van der Waals surface area contributed by atoms with Gasteiger partial charge < -0.3 is 4.98 Å². The molecule has 3 aromatic rings. The highest BCUT2D eigenvalue weighted by molar-refractivity contribution is 6.06. The van der Waals surface area contributed by atoms with E-state index in [1.165, 1.54) is 4.68 Å². The van der Waals surface area contributed by atoms with Crippen molar-refractivity contribution in [2.75, 3.05) is 0 Å². The molecule has 3 rings (SSSR count). The van der Waals surface area contributed by atoms with Crippen LogP contribution in [0, 0.1) is 0 Å². The molecule has 0 spiro atoms. The Morgan fingerprint density at radius 2 is 2.07 bits per heavy atom. The van der Waals surface area contributed by atoms with Gasteiger partial charge in [-0.3, -0.25) is 4.79 Å². The van der Waals surface area contributed by atoms with Crippen LogP contribution in [0.1, 0.15) is 0 Å². The number of hydrogen-bond donors (Lipinski definition) is 1. The van der Waals surface area contributed by atoms with E-state index in [4.69, 9.17) is 0 Å². The van der Waals surface area contributed by atoms with E-state index in [1.54, 1.807) is 13.2 Å². The predicted molar refractivity (Wildman–Crippen MR) is 58.8 cm³/mol. The Kier molecular flexibility index (Phi) is 1.48. The molecule has 0 amide bonds. The normalized spacial score (nSPS) is 11.3. The van der Waals surface area contributed by atoms with Crippen LogP contribution in [-0.4, -0.2) is 14.8 Å². The number of hydrogen-bond acceptors (Lipinski definition) is 2. The van der Waals surface area contributed by atoms with Crippen LogP contribution in [0.25, 0.3) is 21.8 Å². The number of para-hydroxylation sites is 1. The first-order chi connectivity index (χ1) is 7.27. The van der Waals surface area contributed by atoms with E-state index in [0.29, 0.717) is 5.39 Å². The van der Waals surface area contributed by atoms with Gasteiger partial charge in [0.1, 0.15) is 0 Å². The minimum absolute atomic E-state index is 0.0649. The summed E-state index contributed by atoms with van der Waals surface area (Å²) >= 11 is 0. The fourth-order valence-electron chi connectivity index (χ4n) is 1.85. The van der Waals surface area contributed by atoms with Gasteiger partial charge in [0, 0.05) is 18.0 Å². The predicted octanol–water partition coefficient (Wildman–Crippen LogP) is 1.41. The molecule has 74 valence electrons. The second kappa shape index (κ2) is 2.70. The first-order valence-corrected chi connectivity index (χ1v) is 4.70. The Morgan fingerprint density at radius 3 is 2.93 bits per heavy atom. The van der Waals surface area contributed by atoms with Gasteiger partial charge in [0.15, 0.2) is 0 Å². The third kappa shape index (κ3) is 1.01. The molecule has 4 nitrogen and oxygen atoms in total. The zero-order valence-electron chi connectivity index (χ0n) is 8.19. The van der Waals surface area contributed by atoms with Gasteiger partial charge in [0.25, 0.3) is 5.56 Å². The lowest BCUT2D eigenvalue weighted by atomic mass is 10.2.